The predicted molar refractivity (Wildman–Crippen MR) is 134 cm³/mol. The molecule has 0 bridgehead atoms. The fourth-order valence-electron chi connectivity index (χ4n) is 3.41. The van der Waals surface area contributed by atoms with E-state index in [0.717, 1.165) is 17.9 Å². The number of ether oxygens (including phenoxy) is 1. The van der Waals surface area contributed by atoms with E-state index < -0.39 is 0 Å². The maximum Gasteiger partial charge on any atom is 0.244 e. The average molecular weight is 528 g/mol. The Hall–Kier alpha value is -3.07. The number of nitrogens with zero attached hydrogens (tertiary/aromatic N) is 2. The Morgan fingerprint density at radius 3 is 2.48 bits per heavy atom. The van der Waals surface area contributed by atoms with Crippen molar-refractivity contribution in [3.63, 3.8) is 0 Å². The van der Waals surface area contributed by atoms with E-state index in [1.54, 1.807) is 0 Å². The monoisotopic (exact) mass is 528 g/mol. The summed E-state index contributed by atoms with van der Waals surface area (Å²) in [5.74, 6) is 1.60. The Balaban J connectivity index is 0.00000272. The molecule has 3 aromatic rings. The molecule has 0 saturated heterocycles. The molecule has 3 aromatic carbocycles. The van der Waals surface area contributed by atoms with Crippen LogP contribution in [0.15, 0.2) is 83.9 Å². The first-order chi connectivity index (χ1) is 14.7. The first kappa shape index (κ1) is 22.6. The van der Waals surface area contributed by atoms with Crippen molar-refractivity contribution in [1.29, 1.82) is 0 Å². The van der Waals surface area contributed by atoms with E-state index in [2.05, 4.69) is 22.4 Å². The molecule has 0 aromatic heterocycles. The van der Waals surface area contributed by atoms with Crippen LogP contribution in [-0.2, 0) is 17.8 Å². The zero-order chi connectivity index (χ0) is 20.8. The highest BCUT2D eigenvalue weighted by Gasteiger charge is 2.19. The van der Waals surface area contributed by atoms with E-state index in [0.29, 0.717) is 18.8 Å². The van der Waals surface area contributed by atoms with Crippen molar-refractivity contribution in [2.75, 3.05) is 18.4 Å². The van der Waals surface area contributed by atoms with Crippen molar-refractivity contribution in [3.05, 3.63) is 90.0 Å². The van der Waals surface area contributed by atoms with Crippen LogP contribution < -0.4 is 15.8 Å². The van der Waals surface area contributed by atoms with Crippen LogP contribution in [0.5, 0.6) is 11.5 Å². The van der Waals surface area contributed by atoms with E-state index in [1.807, 2.05) is 71.6 Å². The van der Waals surface area contributed by atoms with Crippen LogP contribution in [0.4, 0.5) is 5.69 Å². The number of aliphatic imine (C=N–C) groups is 1. The quantitative estimate of drug-likeness (QED) is 0.292. The zero-order valence-electron chi connectivity index (χ0n) is 17.0. The first-order valence-electron chi connectivity index (χ1n) is 9.92. The summed E-state index contributed by atoms with van der Waals surface area (Å²) < 4.78 is 5.83. The van der Waals surface area contributed by atoms with Gasteiger partial charge in [-0.25, -0.2) is 4.99 Å². The van der Waals surface area contributed by atoms with Gasteiger partial charge in [0.15, 0.2) is 5.96 Å². The summed E-state index contributed by atoms with van der Waals surface area (Å²) in [5.41, 5.74) is 9.24. The second-order valence-corrected chi connectivity index (χ2v) is 7.10. The van der Waals surface area contributed by atoms with Crippen LogP contribution in [0.25, 0.3) is 0 Å². The number of benzene rings is 3. The average Bonchev–Trinajstić information content (AvgIpc) is 2.78. The zero-order valence-corrected chi connectivity index (χ0v) is 19.4. The number of halogens is 1. The van der Waals surface area contributed by atoms with E-state index >= 15 is 0 Å². The van der Waals surface area contributed by atoms with Crippen LogP contribution in [0.1, 0.15) is 11.1 Å². The minimum atomic E-state index is -0.0320. The molecule has 160 valence electrons. The summed E-state index contributed by atoms with van der Waals surface area (Å²) in [7, 11) is 0. The van der Waals surface area contributed by atoms with Gasteiger partial charge in [0, 0.05) is 24.8 Å². The molecule has 1 amide bonds. The number of anilines is 1. The summed E-state index contributed by atoms with van der Waals surface area (Å²) >= 11 is 0. The van der Waals surface area contributed by atoms with Crippen LogP contribution >= 0.6 is 24.0 Å². The Morgan fingerprint density at radius 2 is 1.68 bits per heavy atom. The fraction of sp³-hybridized carbons (Fsp3) is 0.167. The summed E-state index contributed by atoms with van der Waals surface area (Å²) in [6.45, 7) is 1.34. The third-order valence-corrected chi connectivity index (χ3v) is 4.95. The standard InChI is InChI=1S/C24H24N4O2.HI/c25-24(26-16-23(29)28-14-13-18-7-4-5-8-19(18)17-28)27-20-9-6-12-22(15-20)30-21-10-2-1-3-11-21;/h1-12,15H,13-14,16-17H2,(H3,25,26,27);1H. The molecule has 7 heteroatoms. The number of carbonyl (C=O) groups is 1. The third kappa shape index (κ3) is 6.21. The minimum Gasteiger partial charge on any atom is -0.457 e. The predicted octanol–water partition coefficient (Wildman–Crippen LogP) is 4.41. The molecule has 0 fully saturated rings. The molecule has 3 N–H and O–H groups in total. The normalized spacial score (nSPS) is 13.0. The van der Waals surface area contributed by atoms with Gasteiger partial charge in [0.1, 0.15) is 18.0 Å². The van der Waals surface area contributed by atoms with Gasteiger partial charge in [-0.1, -0.05) is 48.5 Å². The molecule has 1 heterocycles. The maximum atomic E-state index is 12.5. The van der Waals surface area contributed by atoms with Crippen molar-refractivity contribution in [2.24, 2.45) is 10.7 Å². The van der Waals surface area contributed by atoms with Crippen molar-refractivity contribution >= 4 is 41.5 Å². The molecular formula is C24H25IN4O2. The second-order valence-electron chi connectivity index (χ2n) is 7.10. The molecule has 0 aliphatic carbocycles. The van der Waals surface area contributed by atoms with Gasteiger partial charge in [-0.2, -0.15) is 0 Å². The Labute approximate surface area is 199 Å². The van der Waals surface area contributed by atoms with Gasteiger partial charge in [0.05, 0.1) is 0 Å². The molecule has 0 saturated carbocycles. The largest absolute Gasteiger partial charge is 0.457 e. The van der Waals surface area contributed by atoms with Crippen LogP contribution in [0.3, 0.4) is 0 Å². The van der Waals surface area contributed by atoms with E-state index in [9.17, 15) is 4.79 Å². The second kappa shape index (κ2) is 10.8. The highest BCUT2D eigenvalue weighted by atomic mass is 127. The van der Waals surface area contributed by atoms with Crippen molar-refractivity contribution in [1.82, 2.24) is 4.90 Å². The summed E-state index contributed by atoms with van der Waals surface area (Å²) in [4.78, 5) is 18.6. The lowest BCUT2D eigenvalue weighted by molar-refractivity contribution is -0.130. The summed E-state index contributed by atoms with van der Waals surface area (Å²) in [6, 6.07) is 25.2. The lowest BCUT2D eigenvalue weighted by Crippen LogP contribution is -2.38. The molecule has 0 atom stereocenters. The number of nitrogens with two attached hydrogens (primary N) is 1. The highest BCUT2D eigenvalue weighted by Crippen LogP contribution is 2.23. The molecule has 4 rings (SSSR count). The smallest absolute Gasteiger partial charge is 0.244 e. The highest BCUT2D eigenvalue weighted by molar-refractivity contribution is 14.0. The minimum absolute atomic E-state index is 0. The number of guanidine groups is 1. The van der Waals surface area contributed by atoms with Crippen LogP contribution in [0.2, 0.25) is 0 Å². The lowest BCUT2D eigenvalue weighted by atomic mass is 10.00. The van der Waals surface area contributed by atoms with Gasteiger partial charge in [0.25, 0.3) is 0 Å². The number of amides is 1. The molecule has 0 radical (unpaired) electrons. The Morgan fingerprint density at radius 1 is 0.968 bits per heavy atom. The summed E-state index contributed by atoms with van der Waals surface area (Å²) in [6.07, 6.45) is 0.869. The molecule has 0 unspecified atom stereocenters. The molecular weight excluding hydrogens is 503 g/mol. The van der Waals surface area contributed by atoms with Crippen LogP contribution in [-0.4, -0.2) is 29.9 Å². The van der Waals surface area contributed by atoms with Gasteiger partial charge >= 0.3 is 0 Å². The topological polar surface area (TPSA) is 80.0 Å². The fourth-order valence-corrected chi connectivity index (χ4v) is 3.41. The number of nitrogens with one attached hydrogen (secondary N) is 1. The van der Waals surface area contributed by atoms with Crippen molar-refractivity contribution < 1.29 is 9.53 Å². The van der Waals surface area contributed by atoms with Gasteiger partial charge < -0.3 is 20.7 Å². The molecule has 0 spiro atoms. The summed E-state index contributed by atoms with van der Waals surface area (Å²) in [5, 5.41) is 3.02. The van der Waals surface area contributed by atoms with Gasteiger partial charge in [-0.3, -0.25) is 4.79 Å². The van der Waals surface area contributed by atoms with Gasteiger partial charge in [-0.05, 0) is 41.8 Å². The molecule has 6 nitrogen and oxygen atoms in total. The number of para-hydroxylation sites is 1. The van der Waals surface area contributed by atoms with Crippen LogP contribution in [0, 0.1) is 0 Å². The maximum absolute atomic E-state index is 12.5. The number of hydrogen-bond donors (Lipinski definition) is 2. The number of hydrogen-bond acceptors (Lipinski definition) is 3. The Kier molecular flexibility index (Phi) is 7.88. The number of rotatable bonds is 5. The van der Waals surface area contributed by atoms with Crippen molar-refractivity contribution in [3.8, 4) is 11.5 Å². The molecule has 1 aliphatic heterocycles. The SMILES string of the molecule is I.NC(=NCC(=O)N1CCc2ccccc2C1)Nc1cccc(Oc2ccccc2)c1. The van der Waals surface area contributed by atoms with E-state index in [-0.39, 0.29) is 42.4 Å². The molecule has 31 heavy (non-hydrogen) atoms. The van der Waals surface area contributed by atoms with E-state index in [1.165, 1.54) is 11.1 Å². The van der Waals surface area contributed by atoms with Gasteiger partial charge in [0.2, 0.25) is 5.91 Å². The molecule has 1 aliphatic rings. The Bertz CT molecular complexity index is 1060. The lowest BCUT2D eigenvalue weighted by Gasteiger charge is -2.28. The number of carbonyl (C=O) groups excluding carboxylic acids is 1. The van der Waals surface area contributed by atoms with Gasteiger partial charge in [-0.15, -0.1) is 24.0 Å². The first-order valence-corrected chi connectivity index (χ1v) is 9.92. The van der Waals surface area contributed by atoms with Crippen molar-refractivity contribution in [2.45, 2.75) is 13.0 Å². The van der Waals surface area contributed by atoms with E-state index in [4.69, 9.17) is 10.5 Å². The third-order valence-electron chi connectivity index (χ3n) is 4.95. The number of fused-ring (bicyclic) bond motifs is 1.